The first-order chi connectivity index (χ1) is 10.3. The van der Waals surface area contributed by atoms with Gasteiger partial charge in [-0.3, -0.25) is 4.79 Å². The van der Waals surface area contributed by atoms with Crippen LogP contribution < -0.4 is 5.32 Å². The minimum Gasteiger partial charge on any atom is -0.481 e. The molecule has 0 aliphatic carbocycles. The second-order valence-electron chi connectivity index (χ2n) is 5.78. The highest BCUT2D eigenvalue weighted by molar-refractivity contribution is 5.80. The summed E-state index contributed by atoms with van der Waals surface area (Å²) in [7, 11) is 0. The van der Waals surface area contributed by atoms with Crippen molar-refractivity contribution in [3.05, 3.63) is 41.2 Å². The summed E-state index contributed by atoms with van der Waals surface area (Å²) < 4.78 is 0. The van der Waals surface area contributed by atoms with Gasteiger partial charge in [-0.1, -0.05) is 12.1 Å². The Kier molecular flexibility index (Phi) is 4.49. The van der Waals surface area contributed by atoms with Crippen LogP contribution in [-0.4, -0.2) is 26.1 Å². The highest BCUT2D eigenvalue weighted by Crippen LogP contribution is 2.24. The fraction of sp³-hybridized carbons (Fsp3) is 0.438. The van der Waals surface area contributed by atoms with Gasteiger partial charge in [-0.2, -0.15) is 15.0 Å². The molecule has 0 radical (unpaired) electrons. The van der Waals surface area contributed by atoms with Crippen LogP contribution in [0.3, 0.4) is 0 Å². The SMILES string of the molecule is CCn1nc(C)c(CNc2ccc(C(C)(C)C(=O)O)cc2)n1. The van der Waals surface area contributed by atoms with Gasteiger partial charge >= 0.3 is 5.97 Å². The Morgan fingerprint density at radius 2 is 1.91 bits per heavy atom. The average Bonchev–Trinajstić information content (AvgIpc) is 2.86. The molecule has 0 bridgehead atoms. The first-order valence-electron chi connectivity index (χ1n) is 7.33. The molecular formula is C16H22N4O2. The molecule has 0 unspecified atom stereocenters. The summed E-state index contributed by atoms with van der Waals surface area (Å²) in [5, 5.41) is 21.2. The van der Waals surface area contributed by atoms with Crippen molar-refractivity contribution in [2.75, 3.05) is 5.32 Å². The van der Waals surface area contributed by atoms with E-state index in [0.717, 1.165) is 29.2 Å². The molecule has 0 atom stereocenters. The van der Waals surface area contributed by atoms with Crippen molar-refractivity contribution < 1.29 is 9.90 Å². The predicted octanol–water partition coefficient (Wildman–Crippen LogP) is 2.58. The number of anilines is 1. The van der Waals surface area contributed by atoms with Crippen LogP contribution >= 0.6 is 0 Å². The molecule has 22 heavy (non-hydrogen) atoms. The minimum atomic E-state index is -0.890. The lowest BCUT2D eigenvalue weighted by Crippen LogP contribution is -2.28. The standard InChI is InChI=1S/C16H22N4O2/c1-5-20-18-11(2)14(19-20)10-17-13-8-6-12(7-9-13)16(3,4)15(21)22/h6-9,17H,5,10H2,1-4H3,(H,21,22). The fourth-order valence-corrected chi connectivity index (χ4v) is 2.08. The van der Waals surface area contributed by atoms with Gasteiger partial charge in [0.1, 0.15) is 5.69 Å². The summed E-state index contributed by atoms with van der Waals surface area (Å²) in [5.41, 5.74) is 2.64. The maximum Gasteiger partial charge on any atom is 0.313 e. The van der Waals surface area contributed by atoms with E-state index in [2.05, 4.69) is 15.5 Å². The first kappa shape index (κ1) is 16.0. The first-order valence-corrected chi connectivity index (χ1v) is 7.33. The lowest BCUT2D eigenvalue weighted by atomic mass is 9.85. The zero-order valence-corrected chi connectivity index (χ0v) is 13.4. The number of aryl methyl sites for hydroxylation is 2. The number of benzene rings is 1. The summed E-state index contributed by atoms with van der Waals surface area (Å²) in [6.45, 7) is 8.68. The van der Waals surface area contributed by atoms with Gasteiger partial charge in [0.25, 0.3) is 0 Å². The number of hydrogen-bond acceptors (Lipinski definition) is 4. The fourth-order valence-electron chi connectivity index (χ4n) is 2.08. The van der Waals surface area contributed by atoms with Crippen LogP contribution in [0.2, 0.25) is 0 Å². The van der Waals surface area contributed by atoms with Gasteiger partial charge in [0, 0.05) is 5.69 Å². The van der Waals surface area contributed by atoms with Crippen LogP contribution in [0, 0.1) is 6.92 Å². The van der Waals surface area contributed by atoms with E-state index in [1.165, 1.54) is 0 Å². The molecule has 0 saturated carbocycles. The number of rotatable bonds is 6. The molecule has 1 heterocycles. The number of nitrogens with zero attached hydrogens (tertiary/aromatic N) is 3. The Hall–Kier alpha value is -2.37. The van der Waals surface area contributed by atoms with Gasteiger partial charge < -0.3 is 10.4 Å². The number of nitrogens with one attached hydrogen (secondary N) is 1. The third-order valence-electron chi connectivity index (χ3n) is 3.80. The molecule has 0 aliphatic rings. The monoisotopic (exact) mass is 302 g/mol. The van der Waals surface area contributed by atoms with Crippen molar-refractivity contribution in [1.82, 2.24) is 15.0 Å². The van der Waals surface area contributed by atoms with Crippen LogP contribution in [0.15, 0.2) is 24.3 Å². The third-order valence-corrected chi connectivity index (χ3v) is 3.80. The van der Waals surface area contributed by atoms with Crippen molar-refractivity contribution in [3.63, 3.8) is 0 Å². The Morgan fingerprint density at radius 3 is 2.41 bits per heavy atom. The zero-order valence-electron chi connectivity index (χ0n) is 13.4. The molecule has 0 saturated heterocycles. The number of carboxylic acids is 1. The van der Waals surface area contributed by atoms with Gasteiger partial charge in [-0.15, -0.1) is 0 Å². The summed E-state index contributed by atoms with van der Waals surface area (Å²) in [6, 6.07) is 7.46. The van der Waals surface area contributed by atoms with E-state index in [1.54, 1.807) is 18.6 Å². The molecule has 2 aromatic rings. The molecule has 0 fully saturated rings. The van der Waals surface area contributed by atoms with Gasteiger partial charge in [0.05, 0.1) is 24.2 Å². The van der Waals surface area contributed by atoms with E-state index in [9.17, 15) is 9.90 Å². The molecule has 0 aliphatic heterocycles. The quantitative estimate of drug-likeness (QED) is 0.857. The van der Waals surface area contributed by atoms with Gasteiger partial charge in [0.15, 0.2) is 0 Å². The number of carbonyl (C=O) groups is 1. The summed E-state index contributed by atoms with van der Waals surface area (Å²) in [4.78, 5) is 12.9. The second-order valence-corrected chi connectivity index (χ2v) is 5.78. The summed E-state index contributed by atoms with van der Waals surface area (Å²) >= 11 is 0. The van der Waals surface area contributed by atoms with Gasteiger partial charge in [-0.25, -0.2) is 0 Å². The van der Waals surface area contributed by atoms with E-state index < -0.39 is 11.4 Å². The van der Waals surface area contributed by atoms with Crippen molar-refractivity contribution in [1.29, 1.82) is 0 Å². The molecule has 1 aromatic heterocycles. The smallest absolute Gasteiger partial charge is 0.313 e. The molecule has 1 aromatic carbocycles. The highest BCUT2D eigenvalue weighted by Gasteiger charge is 2.29. The minimum absolute atomic E-state index is 0.591. The molecule has 0 amide bonds. The predicted molar refractivity (Wildman–Crippen MR) is 84.9 cm³/mol. The molecule has 6 nitrogen and oxygen atoms in total. The normalized spacial score (nSPS) is 11.5. The maximum atomic E-state index is 11.3. The van der Waals surface area contributed by atoms with Crippen molar-refractivity contribution in [2.45, 2.75) is 46.2 Å². The van der Waals surface area contributed by atoms with Gasteiger partial charge in [0.2, 0.25) is 0 Å². The summed E-state index contributed by atoms with van der Waals surface area (Å²) in [5.74, 6) is -0.833. The highest BCUT2D eigenvalue weighted by atomic mass is 16.4. The average molecular weight is 302 g/mol. The number of aromatic nitrogens is 3. The second kappa shape index (κ2) is 6.17. The topological polar surface area (TPSA) is 80.0 Å². The zero-order chi connectivity index (χ0) is 16.3. The van der Waals surface area contributed by atoms with E-state index in [1.807, 2.05) is 38.1 Å². The van der Waals surface area contributed by atoms with E-state index in [0.29, 0.717) is 6.54 Å². The molecule has 118 valence electrons. The number of hydrogen-bond donors (Lipinski definition) is 2. The van der Waals surface area contributed by atoms with Crippen LogP contribution in [-0.2, 0) is 23.3 Å². The van der Waals surface area contributed by atoms with E-state index >= 15 is 0 Å². The third kappa shape index (κ3) is 3.27. The largest absolute Gasteiger partial charge is 0.481 e. The summed E-state index contributed by atoms with van der Waals surface area (Å²) in [6.07, 6.45) is 0. The Morgan fingerprint density at radius 1 is 1.27 bits per heavy atom. The maximum absolute atomic E-state index is 11.3. The van der Waals surface area contributed by atoms with Crippen LogP contribution in [0.1, 0.15) is 37.7 Å². The van der Waals surface area contributed by atoms with Crippen molar-refractivity contribution in [3.8, 4) is 0 Å². The lowest BCUT2D eigenvalue weighted by Gasteiger charge is -2.20. The van der Waals surface area contributed by atoms with Crippen LogP contribution in [0.5, 0.6) is 0 Å². The number of carboxylic acid groups (broad SMARTS) is 1. The van der Waals surface area contributed by atoms with Gasteiger partial charge in [-0.05, 0) is 45.4 Å². The molecule has 2 N–H and O–H groups in total. The molecular weight excluding hydrogens is 280 g/mol. The number of aliphatic carboxylic acids is 1. The van der Waals surface area contributed by atoms with Crippen molar-refractivity contribution >= 4 is 11.7 Å². The Bertz CT molecular complexity index is 659. The molecule has 2 rings (SSSR count). The van der Waals surface area contributed by atoms with Crippen molar-refractivity contribution in [2.24, 2.45) is 0 Å². The molecule has 6 heteroatoms. The van der Waals surface area contributed by atoms with E-state index in [4.69, 9.17) is 0 Å². The van der Waals surface area contributed by atoms with Crippen LogP contribution in [0.4, 0.5) is 5.69 Å². The molecule has 0 spiro atoms. The Labute approximate surface area is 130 Å². The van der Waals surface area contributed by atoms with Crippen LogP contribution in [0.25, 0.3) is 0 Å². The van der Waals surface area contributed by atoms with E-state index in [-0.39, 0.29) is 0 Å². The Balaban J connectivity index is 2.05. The lowest BCUT2D eigenvalue weighted by molar-refractivity contribution is -0.142.